The zero-order valence-corrected chi connectivity index (χ0v) is 7.99. The average molecular weight is 178 g/mol. The van der Waals surface area contributed by atoms with Crippen LogP contribution in [-0.4, -0.2) is 11.6 Å². The monoisotopic (exact) mass is 178 g/mol. The van der Waals surface area contributed by atoms with Crippen molar-refractivity contribution in [2.75, 3.05) is 0 Å². The van der Waals surface area contributed by atoms with Crippen LogP contribution in [0.25, 0.3) is 0 Å². The molecule has 0 heterocycles. The highest BCUT2D eigenvalue weighted by Gasteiger charge is 2.27. The first-order chi connectivity index (χ1) is 6.13. The Morgan fingerprint density at radius 3 is 2.23 bits per heavy atom. The first-order valence-electron chi connectivity index (χ1n) is 4.47. The lowest BCUT2D eigenvalue weighted by molar-refractivity contribution is -0.131. The molecule has 0 N–H and O–H groups in total. The summed E-state index contributed by atoms with van der Waals surface area (Å²) in [6.45, 7) is 2.97. The van der Waals surface area contributed by atoms with Gasteiger partial charge < -0.3 is 0 Å². The Bertz CT molecular complexity index is 260. The largest absolute Gasteiger partial charge is 0.299 e. The van der Waals surface area contributed by atoms with Gasteiger partial charge in [0.1, 0.15) is 11.6 Å². The molecule has 0 amide bonds. The first kappa shape index (κ1) is 9.90. The van der Waals surface area contributed by atoms with Crippen molar-refractivity contribution in [3.63, 3.8) is 0 Å². The molecule has 2 nitrogen and oxygen atoms in total. The number of hydrogen-bond acceptors (Lipinski definition) is 2. The lowest BCUT2D eigenvalue weighted by atomic mass is 9.82. The second-order valence-electron chi connectivity index (χ2n) is 3.41. The van der Waals surface area contributed by atoms with Crippen LogP contribution in [0.15, 0.2) is 24.3 Å². The topological polar surface area (TPSA) is 34.1 Å². The second kappa shape index (κ2) is 4.17. The molecule has 1 aliphatic carbocycles. The summed E-state index contributed by atoms with van der Waals surface area (Å²) in [5, 5.41) is 0. The summed E-state index contributed by atoms with van der Waals surface area (Å²) in [6.07, 6.45) is 8.55. The standard InChI is InChI=1S/C11H14O2/c1-8(12)11(9(2)13)10-6-4-3-5-7-10/h3-6,10-11H,7H2,1-2H3. The third-order valence-corrected chi connectivity index (χ3v) is 2.32. The number of rotatable bonds is 3. The quantitative estimate of drug-likeness (QED) is 0.619. The summed E-state index contributed by atoms with van der Waals surface area (Å²) in [6, 6.07) is 0. The van der Waals surface area contributed by atoms with Crippen LogP contribution in [0, 0.1) is 11.8 Å². The maximum absolute atomic E-state index is 11.2. The van der Waals surface area contributed by atoms with Crippen LogP contribution in [0.5, 0.6) is 0 Å². The van der Waals surface area contributed by atoms with E-state index in [4.69, 9.17) is 0 Å². The number of hydrogen-bond donors (Lipinski definition) is 0. The van der Waals surface area contributed by atoms with Crippen molar-refractivity contribution < 1.29 is 9.59 Å². The van der Waals surface area contributed by atoms with Crippen LogP contribution in [0.3, 0.4) is 0 Å². The molecular weight excluding hydrogens is 164 g/mol. The number of ketones is 2. The third kappa shape index (κ3) is 2.38. The number of carbonyl (C=O) groups excluding carboxylic acids is 2. The Balaban J connectivity index is 2.76. The zero-order valence-electron chi connectivity index (χ0n) is 7.99. The van der Waals surface area contributed by atoms with Gasteiger partial charge in [0.15, 0.2) is 0 Å². The van der Waals surface area contributed by atoms with Gasteiger partial charge in [-0.1, -0.05) is 24.3 Å². The van der Waals surface area contributed by atoms with E-state index in [0.717, 1.165) is 6.42 Å². The van der Waals surface area contributed by atoms with Crippen LogP contribution < -0.4 is 0 Å². The highest BCUT2D eigenvalue weighted by Crippen LogP contribution is 2.22. The smallest absolute Gasteiger partial charge is 0.140 e. The van der Waals surface area contributed by atoms with E-state index in [1.165, 1.54) is 13.8 Å². The van der Waals surface area contributed by atoms with Crippen molar-refractivity contribution in [1.29, 1.82) is 0 Å². The van der Waals surface area contributed by atoms with Gasteiger partial charge in [-0.25, -0.2) is 0 Å². The molecule has 0 saturated carbocycles. The fourth-order valence-electron chi connectivity index (χ4n) is 1.74. The first-order valence-corrected chi connectivity index (χ1v) is 4.47. The normalized spacial score (nSPS) is 20.7. The van der Waals surface area contributed by atoms with Crippen LogP contribution in [-0.2, 0) is 9.59 Å². The van der Waals surface area contributed by atoms with Gasteiger partial charge in [0.25, 0.3) is 0 Å². The summed E-state index contributed by atoms with van der Waals surface area (Å²) in [7, 11) is 0. The predicted molar refractivity (Wildman–Crippen MR) is 51.2 cm³/mol. The Morgan fingerprint density at radius 2 is 1.85 bits per heavy atom. The Morgan fingerprint density at radius 1 is 1.23 bits per heavy atom. The molecule has 0 bridgehead atoms. The molecule has 1 unspecified atom stereocenters. The van der Waals surface area contributed by atoms with Crippen molar-refractivity contribution >= 4 is 11.6 Å². The molecule has 13 heavy (non-hydrogen) atoms. The van der Waals surface area contributed by atoms with Gasteiger partial charge in [-0.05, 0) is 26.2 Å². The maximum Gasteiger partial charge on any atom is 0.140 e. The molecule has 1 atom stereocenters. The Kier molecular flexibility index (Phi) is 3.18. The molecule has 0 fully saturated rings. The van der Waals surface area contributed by atoms with E-state index >= 15 is 0 Å². The Labute approximate surface area is 78.3 Å². The van der Waals surface area contributed by atoms with Crippen molar-refractivity contribution in [1.82, 2.24) is 0 Å². The summed E-state index contributed by atoms with van der Waals surface area (Å²) >= 11 is 0. The molecule has 0 saturated heterocycles. The number of allylic oxidation sites excluding steroid dienone is 4. The molecule has 0 aromatic rings. The van der Waals surface area contributed by atoms with E-state index < -0.39 is 5.92 Å². The number of Topliss-reactive ketones (excluding diaryl/α,β-unsaturated/α-hetero) is 2. The molecular formula is C11H14O2. The minimum Gasteiger partial charge on any atom is -0.299 e. The molecule has 70 valence electrons. The molecule has 1 rings (SSSR count). The van der Waals surface area contributed by atoms with Crippen LogP contribution in [0.1, 0.15) is 20.3 Å². The molecule has 0 aliphatic heterocycles. The van der Waals surface area contributed by atoms with E-state index in [0.29, 0.717) is 0 Å². The summed E-state index contributed by atoms with van der Waals surface area (Å²) in [5.74, 6) is -0.434. The summed E-state index contributed by atoms with van der Waals surface area (Å²) < 4.78 is 0. The van der Waals surface area contributed by atoms with E-state index in [2.05, 4.69) is 0 Å². The van der Waals surface area contributed by atoms with Crippen molar-refractivity contribution in [2.45, 2.75) is 20.3 Å². The lowest BCUT2D eigenvalue weighted by Gasteiger charge is -2.19. The fourth-order valence-corrected chi connectivity index (χ4v) is 1.74. The van der Waals surface area contributed by atoms with Gasteiger partial charge in [0.2, 0.25) is 0 Å². The molecule has 2 heteroatoms. The lowest BCUT2D eigenvalue weighted by Crippen LogP contribution is -2.27. The zero-order chi connectivity index (χ0) is 9.84. The van der Waals surface area contributed by atoms with Gasteiger partial charge >= 0.3 is 0 Å². The summed E-state index contributed by atoms with van der Waals surface area (Å²) in [5.41, 5.74) is 0. The van der Waals surface area contributed by atoms with Gasteiger partial charge in [0, 0.05) is 0 Å². The molecule has 0 spiro atoms. The molecule has 0 aromatic carbocycles. The van der Waals surface area contributed by atoms with Gasteiger partial charge in [-0.2, -0.15) is 0 Å². The van der Waals surface area contributed by atoms with E-state index in [9.17, 15) is 9.59 Å². The minimum atomic E-state index is -0.443. The van der Waals surface area contributed by atoms with E-state index in [1.807, 2.05) is 24.3 Å². The van der Waals surface area contributed by atoms with Crippen LogP contribution in [0.4, 0.5) is 0 Å². The minimum absolute atomic E-state index is 0.0301. The SMILES string of the molecule is CC(=O)C(C(C)=O)C1C=CC=CC1. The molecule has 1 aliphatic rings. The van der Waals surface area contributed by atoms with Crippen molar-refractivity contribution in [2.24, 2.45) is 11.8 Å². The van der Waals surface area contributed by atoms with Gasteiger partial charge in [0.05, 0.1) is 5.92 Å². The molecule has 0 radical (unpaired) electrons. The third-order valence-electron chi connectivity index (χ3n) is 2.32. The highest BCUT2D eigenvalue weighted by molar-refractivity contribution is 6.00. The van der Waals surface area contributed by atoms with Crippen LogP contribution >= 0.6 is 0 Å². The highest BCUT2D eigenvalue weighted by atomic mass is 16.1. The van der Waals surface area contributed by atoms with Gasteiger partial charge in [-0.15, -0.1) is 0 Å². The maximum atomic E-state index is 11.2. The van der Waals surface area contributed by atoms with Crippen molar-refractivity contribution in [3.8, 4) is 0 Å². The number of carbonyl (C=O) groups is 2. The van der Waals surface area contributed by atoms with E-state index in [1.54, 1.807) is 0 Å². The molecule has 0 aromatic heterocycles. The Hall–Kier alpha value is -1.18. The average Bonchev–Trinajstić information content (AvgIpc) is 2.04. The van der Waals surface area contributed by atoms with E-state index in [-0.39, 0.29) is 17.5 Å². The van der Waals surface area contributed by atoms with Crippen molar-refractivity contribution in [3.05, 3.63) is 24.3 Å². The fraction of sp³-hybridized carbons (Fsp3) is 0.455. The van der Waals surface area contributed by atoms with Gasteiger partial charge in [-0.3, -0.25) is 9.59 Å². The predicted octanol–water partition coefficient (Wildman–Crippen LogP) is 1.91. The second-order valence-corrected chi connectivity index (χ2v) is 3.41. The summed E-state index contributed by atoms with van der Waals surface area (Å²) in [4.78, 5) is 22.4. The van der Waals surface area contributed by atoms with Crippen LogP contribution in [0.2, 0.25) is 0 Å².